The summed E-state index contributed by atoms with van der Waals surface area (Å²) < 4.78 is 5.50. The molecule has 0 saturated carbocycles. The highest BCUT2D eigenvalue weighted by atomic mass is 16.5. The summed E-state index contributed by atoms with van der Waals surface area (Å²) in [5.74, 6) is 0.631. The normalized spacial score (nSPS) is 11.2. The van der Waals surface area contributed by atoms with E-state index < -0.39 is 0 Å². The molecule has 0 saturated heterocycles. The van der Waals surface area contributed by atoms with Crippen LogP contribution in [0.2, 0.25) is 0 Å². The van der Waals surface area contributed by atoms with E-state index in [-0.39, 0.29) is 17.9 Å². The van der Waals surface area contributed by atoms with Gasteiger partial charge < -0.3 is 15.2 Å². The molecule has 20 heavy (non-hydrogen) atoms. The summed E-state index contributed by atoms with van der Waals surface area (Å²) in [4.78, 5) is 12.1. The van der Waals surface area contributed by atoms with Gasteiger partial charge in [0.1, 0.15) is 5.75 Å². The molecular weight excluding hydrogens is 254 g/mol. The molecule has 1 rings (SSSR count). The van der Waals surface area contributed by atoms with Crippen molar-refractivity contribution in [3.8, 4) is 5.75 Å². The highest BCUT2D eigenvalue weighted by Crippen LogP contribution is 2.21. The van der Waals surface area contributed by atoms with E-state index in [1.807, 2.05) is 33.8 Å². The van der Waals surface area contributed by atoms with E-state index >= 15 is 0 Å². The lowest BCUT2D eigenvalue weighted by atomic mass is 9.89. The third-order valence-electron chi connectivity index (χ3n) is 3.27. The van der Waals surface area contributed by atoms with Gasteiger partial charge >= 0.3 is 0 Å². The summed E-state index contributed by atoms with van der Waals surface area (Å²) in [6.07, 6.45) is 0.658. The molecule has 0 atom stereocenters. The molecule has 0 fully saturated rings. The number of aliphatic hydroxyl groups excluding tert-OH is 1. The molecule has 0 radical (unpaired) electrons. The summed E-state index contributed by atoms with van der Waals surface area (Å²) in [7, 11) is 0. The van der Waals surface area contributed by atoms with Crippen LogP contribution in [0.3, 0.4) is 0 Å². The molecule has 0 bridgehead atoms. The largest absolute Gasteiger partial charge is 0.494 e. The van der Waals surface area contributed by atoms with Gasteiger partial charge in [-0.25, -0.2) is 0 Å². The Morgan fingerprint density at radius 2 is 2.10 bits per heavy atom. The van der Waals surface area contributed by atoms with Crippen molar-refractivity contribution in [1.29, 1.82) is 0 Å². The van der Waals surface area contributed by atoms with Crippen molar-refractivity contribution in [3.05, 3.63) is 29.3 Å². The van der Waals surface area contributed by atoms with Crippen molar-refractivity contribution in [2.24, 2.45) is 5.41 Å². The van der Waals surface area contributed by atoms with Gasteiger partial charge in [0.15, 0.2) is 0 Å². The molecular formula is C16H25NO3. The number of amides is 1. The number of hydrogen-bond donors (Lipinski definition) is 2. The van der Waals surface area contributed by atoms with Crippen LogP contribution in [0.5, 0.6) is 5.75 Å². The van der Waals surface area contributed by atoms with Crippen LogP contribution in [-0.4, -0.2) is 30.8 Å². The Morgan fingerprint density at radius 1 is 1.40 bits per heavy atom. The maximum absolute atomic E-state index is 12.1. The number of nitrogens with one attached hydrogen (secondary N) is 1. The van der Waals surface area contributed by atoms with Gasteiger partial charge in [0.25, 0.3) is 5.91 Å². The molecule has 112 valence electrons. The average molecular weight is 279 g/mol. The number of benzene rings is 1. The van der Waals surface area contributed by atoms with Crippen LogP contribution in [-0.2, 0) is 0 Å². The number of rotatable bonds is 7. The third-order valence-corrected chi connectivity index (χ3v) is 3.27. The van der Waals surface area contributed by atoms with Gasteiger partial charge in [0.2, 0.25) is 0 Å². The minimum atomic E-state index is -0.114. The number of hydrogen-bond acceptors (Lipinski definition) is 3. The quantitative estimate of drug-likeness (QED) is 0.806. The van der Waals surface area contributed by atoms with Gasteiger partial charge in [-0.15, -0.1) is 0 Å². The van der Waals surface area contributed by atoms with Crippen molar-refractivity contribution in [1.82, 2.24) is 5.32 Å². The molecule has 1 amide bonds. The van der Waals surface area contributed by atoms with E-state index in [0.717, 1.165) is 11.3 Å². The molecule has 4 nitrogen and oxygen atoms in total. The summed E-state index contributed by atoms with van der Waals surface area (Å²) in [5, 5.41) is 11.9. The maximum atomic E-state index is 12.1. The fourth-order valence-corrected chi connectivity index (χ4v) is 1.87. The molecule has 0 unspecified atom stereocenters. The number of ether oxygens (including phenoxy) is 1. The lowest BCUT2D eigenvalue weighted by Crippen LogP contribution is -2.34. The topological polar surface area (TPSA) is 58.6 Å². The van der Waals surface area contributed by atoms with Gasteiger partial charge in [0.05, 0.1) is 6.61 Å². The van der Waals surface area contributed by atoms with Crippen LogP contribution in [0.15, 0.2) is 18.2 Å². The second-order valence-electron chi connectivity index (χ2n) is 5.73. The Balaban J connectivity index is 2.70. The van der Waals surface area contributed by atoms with E-state index in [9.17, 15) is 4.79 Å². The lowest BCUT2D eigenvalue weighted by molar-refractivity contribution is 0.0927. The van der Waals surface area contributed by atoms with Gasteiger partial charge in [0, 0.05) is 18.7 Å². The highest BCUT2D eigenvalue weighted by molar-refractivity contribution is 5.94. The Kier molecular flexibility index (Phi) is 6.02. The van der Waals surface area contributed by atoms with Crippen molar-refractivity contribution in [3.63, 3.8) is 0 Å². The molecule has 0 aliphatic rings. The SMILES string of the molecule is CCOc1cc(C(=O)NCC(C)(C)CCO)ccc1C. The van der Waals surface area contributed by atoms with Crippen molar-refractivity contribution in [2.45, 2.75) is 34.1 Å². The summed E-state index contributed by atoms with van der Waals surface area (Å²) >= 11 is 0. The summed E-state index contributed by atoms with van der Waals surface area (Å²) in [6, 6.07) is 5.46. The van der Waals surface area contributed by atoms with Gasteiger partial charge in [-0.1, -0.05) is 19.9 Å². The molecule has 0 heterocycles. The minimum absolute atomic E-state index is 0.113. The van der Waals surface area contributed by atoms with Gasteiger partial charge in [-0.2, -0.15) is 0 Å². The van der Waals surface area contributed by atoms with Crippen LogP contribution >= 0.6 is 0 Å². The number of carbonyl (C=O) groups excluding carboxylic acids is 1. The highest BCUT2D eigenvalue weighted by Gasteiger charge is 2.18. The predicted molar refractivity (Wildman–Crippen MR) is 80.2 cm³/mol. The Hall–Kier alpha value is -1.55. The zero-order valence-electron chi connectivity index (χ0n) is 12.8. The second-order valence-corrected chi connectivity index (χ2v) is 5.73. The van der Waals surface area contributed by atoms with Crippen molar-refractivity contribution in [2.75, 3.05) is 19.8 Å². The van der Waals surface area contributed by atoms with Crippen LogP contribution < -0.4 is 10.1 Å². The minimum Gasteiger partial charge on any atom is -0.494 e. The second kappa shape index (κ2) is 7.29. The fraction of sp³-hybridized carbons (Fsp3) is 0.562. The van der Waals surface area contributed by atoms with Crippen LogP contribution in [0.4, 0.5) is 0 Å². The molecule has 0 aliphatic carbocycles. The smallest absolute Gasteiger partial charge is 0.251 e. The Labute approximate surface area is 121 Å². The first kappa shape index (κ1) is 16.5. The van der Waals surface area contributed by atoms with Crippen LogP contribution in [0, 0.1) is 12.3 Å². The van der Waals surface area contributed by atoms with Crippen molar-refractivity contribution < 1.29 is 14.6 Å². The zero-order valence-corrected chi connectivity index (χ0v) is 12.8. The van der Waals surface area contributed by atoms with Crippen LogP contribution in [0.25, 0.3) is 0 Å². The first-order chi connectivity index (χ1) is 9.39. The predicted octanol–water partition coefficient (Wildman–Crippen LogP) is 2.53. The number of carbonyl (C=O) groups is 1. The third kappa shape index (κ3) is 4.85. The lowest BCUT2D eigenvalue weighted by Gasteiger charge is -2.23. The summed E-state index contributed by atoms with van der Waals surface area (Å²) in [6.45, 7) is 9.15. The standard InChI is InChI=1S/C16H25NO3/c1-5-20-14-10-13(7-6-12(14)2)15(19)17-11-16(3,4)8-9-18/h6-7,10,18H,5,8-9,11H2,1-4H3,(H,17,19). The fourth-order valence-electron chi connectivity index (χ4n) is 1.87. The van der Waals surface area contributed by atoms with Gasteiger partial charge in [-0.3, -0.25) is 4.79 Å². The maximum Gasteiger partial charge on any atom is 0.251 e. The zero-order chi connectivity index (χ0) is 15.2. The monoisotopic (exact) mass is 279 g/mol. The van der Waals surface area contributed by atoms with Crippen LogP contribution in [0.1, 0.15) is 43.1 Å². The number of aliphatic hydroxyl groups is 1. The Bertz CT molecular complexity index is 455. The number of aryl methyl sites for hydroxylation is 1. The molecule has 0 spiro atoms. The van der Waals surface area contributed by atoms with E-state index in [1.165, 1.54) is 0 Å². The van der Waals surface area contributed by atoms with Crippen molar-refractivity contribution >= 4 is 5.91 Å². The molecule has 4 heteroatoms. The molecule has 1 aromatic rings. The molecule has 0 aliphatic heterocycles. The van der Waals surface area contributed by atoms with E-state index in [4.69, 9.17) is 9.84 Å². The Morgan fingerprint density at radius 3 is 2.70 bits per heavy atom. The first-order valence-corrected chi connectivity index (χ1v) is 7.02. The molecule has 2 N–H and O–H groups in total. The van der Waals surface area contributed by atoms with Gasteiger partial charge in [-0.05, 0) is 43.4 Å². The van der Waals surface area contributed by atoms with E-state index in [0.29, 0.717) is 25.1 Å². The first-order valence-electron chi connectivity index (χ1n) is 7.02. The average Bonchev–Trinajstić information content (AvgIpc) is 2.39. The molecule has 0 aromatic heterocycles. The molecule has 1 aromatic carbocycles. The summed E-state index contributed by atoms with van der Waals surface area (Å²) in [5.41, 5.74) is 1.50. The van der Waals surface area contributed by atoms with E-state index in [2.05, 4.69) is 5.32 Å². The van der Waals surface area contributed by atoms with E-state index in [1.54, 1.807) is 12.1 Å².